The van der Waals surface area contributed by atoms with Gasteiger partial charge in [-0.15, -0.1) is 11.3 Å². The Morgan fingerprint density at radius 2 is 0.907 bits per heavy atom. The quantitative estimate of drug-likeness (QED) is 0.195. The molecule has 0 atom stereocenters. The number of aromatic nitrogens is 1. The second-order valence-corrected chi connectivity index (χ2v) is 12.2. The number of hydrogen-bond acceptors (Lipinski definition) is 2. The van der Waals surface area contributed by atoms with E-state index in [0.29, 0.717) is 0 Å². The molecule has 0 amide bonds. The summed E-state index contributed by atoms with van der Waals surface area (Å²) in [6.45, 7) is 0. The predicted octanol–water partition coefficient (Wildman–Crippen LogP) is 11.9. The topological polar surface area (TPSA) is 12.9 Å². The summed E-state index contributed by atoms with van der Waals surface area (Å²) in [4.78, 5) is 5.31. The van der Waals surface area contributed by atoms with Crippen molar-refractivity contribution in [2.24, 2.45) is 0 Å². The fourth-order valence-corrected chi connectivity index (χ4v) is 7.80. The number of thiophene rings is 1. The van der Waals surface area contributed by atoms with Crippen LogP contribution in [0.15, 0.2) is 152 Å². The summed E-state index contributed by atoms with van der Waals surface area (Å²) in [5.41, 5.74) is 6.70. The van der Waals surface area contributed by atoms with E-state index in [1.807, 2.05) is 11.3 Å². The summed E-state index contributed by atoms with van der Waals surface area (Å²) in [6, 6.07) is 54.8. The first kappa shape index (κ1) is 24.3. The van der Waals surface area contributed by atoms with Crippen LogP contribution in [0.3, 0.4) is 0 Å². The van der Waals surface area contributed by atoms with Gasteiger partial charge in [0, 0.05) is 26.6 Å². The second-order valence-electron chi connectivity index (χ2n) is 11.1. The molecule has 0 radical (unpaired) electrons. The Kier molecular flexibility index (Phi) is 5.44. The minimum atomic E-state index is 0.994. The van der Waals surface area contributed by atoms with Gasteiger partial charge in [0.15, 0.2) is 0 Å². The molecule has 0 saturated heterocycles. The summed E-state index contributed by atoms with van der Waals surface area (Å²) in [6.07, 6.45) is 0. The standard InChI is InChI=1S/C41H25NS/c1-2-11-26(12-3-1)40-41-37(35-19-8-9-20-39(35)43-41)25-38(42-40)29-14-10-13-27(23-29)28-21-22-34-32-17-5-4-15-30(32)31-16-6-7-18-33(31)36(34)24-28/h1-25H. The van der Waals surface area contributed by atoms with E-state index < -0.39 is 0 Å². The highest BCUT2D eigenvalue weighted by Gasteiger charge is 2.16. The number of rotatable bonds is 3. The van der Waals surface area contributed by atoms with Gasteiger partial charge in [0.2, 0.25) is 0 Å². The van der Waals surface area contributed by atoms with Gasteiger partial charge in [-0.1, -0.05) is 127 Å². The van der Waals surface area contributed by atoms with E-state index >= 15 is 0 Å². The van der Waals surface area contributed by atoms with E-state index in [4.69, 9.17) is 4.98 Å². The van der Waals surface area contributed by atoms with Crippen LogP contribution in [-0.2, 0) is 0 Å². The van der Waals surface area contributed by atoms with Crippen LogP contribution in [0.5, 0.6) is 0 Å². The lowest BCUT2D eigenvalue weighted by Gasteiger charge is -2.13. The van der Waals surface area contributed by atoms with E-state index in [2.05, 4.69) is 152 Å². The van der Waals surface area contributed by atoms with Crippen molar-refractivity contribution in [2.45, 2.75) is 0 Å². The van der Waals surface area contributed by atoms with Crippen molar-refractivity contribution in [3.05, 3.63) is 152 Å². The Bertz CT molecular complexity index is 2470. The predicted molar refractivity (Wildman–Crippen MR) is 186 cm³/mol. The first-order valence-electron chi connectivity index (χ1n) is 14.6. The van der Waals surface area contributed by atoms with E-state index in [9.17, 15) is 0 Å². The summed E-state index contributed by atoms with van der Waals surface area (Å²) in [7, 11) is 0. The van der Waals surface area contributed by atoms with Crippen LogP contribution >= 0.6 is 11.3 Å². The first-order valence-corrected chi connectivity index (χ1v) is 15.5. The van der Waals surface area contributed by atoms with E-state index in [1.165, 1.54) is 63.6 Å². The van der Waals surface area contributed by atoms with Crippen molar-refractivity contribution in [1.29, 1.82) is 0 Å². The first-order chi connectivity index (χ1) is 21.3. The zero-order chi connectivity index (χ0) is 28.3. The normalized spacial score (nSPS) is 11.7. The molecule has 7 aromatic carbocycles. The lowest BCUT2D eigenvalue weighted by atomic mass is 9.91. The van der Waals surface area contributed by atoms with E-state index in [1.54, 1.807) is 0 Å². The van der Waals surface area contributed by atoms with Crippen LogP contribution < -0.4 is 0 Å². The molecule has 0 N–H and O–H groups in total. The maximum Gasteiger partial charge on any atom is 0.0888 e. The van der Waals surface area contributed by atoms with Gasteiger partial charge in [0.05, 0.1) is 16.1 Å². The van der Waals surface area contributed by atoms with Crippen LogP contribution in [0, 0.1) is 0 Å². The maximum atomic E-state index is 5.31. The SMILES string of the molecule is c1ccc(-c2nc(-c3cccc(-c4ccc5c6ccccc6c6ccccc6c5c4)c3)cc3c2sc2ccccc23)cc1. The molecule has 200 valence electrons. The van der Waals surface area contributed by atoms with Crippen molar-refractivity contribution in [2.75, 3.05) is 0 Å². The minimum absolute atomic E-state index is 0.994. The molecule has 2 aromatic heterocycles. The molecule has 0 bridgehead atoms. The third kappa shape index (κ3) is 3.88. The van der Waals surface area contributed by atoms with Crippen LogP contribution in [-0.4, -0.2) is 4.98 Å². The van der Waals surface area contributed by atoms with Gasteiger partial charge in [-0.3, -0.25) is 0 Å². The highest BCUT2D eigenvalue weighted by atomic mass is 32.1. The number of pyridine rings is 1. The molecule has 0 aliphatic heterocycles. The molecular formula is C41H25NS. The third-order valence-corrected chi connectivity index (χ3v) is 9.84. The monoisotopic (exact) mass is 563 g/mol. The minimum Gasteiger partial charge on any atom is -0.246 e. The average Bonchev–Trinajstić information content (AvgIpc) is 3.47. The molecule has 0 unspecified atom stereocenters. The van der Waals surface area contributed by atoms with Crippen LogP contribution in [0.2, 0.25) is 0 Å². The maximum absolute atomic E-state index is 5.31. The van der Waals surface area contributed by atoms with Crippen LogP contribution in [0.25, 0.3) is 86.1 Å². The van der Waals surface area contributed by atoms with Gasteiger partial charge in [-0.05, 0) is 67.7 Å². The molecule has 43 heavy (non-hydrogen) atoms. The smallest absolute Gasteiger partial charge is 0.0888 e. The highest BCUT2D eigenvalue weighted by Crippen LogP contribution is 2.42. The molecule has 0 saturated carbocycles. The summed E-state index contributed by atoms with van der Waals surface area (Å²) < 4.78 is 2.53. The lowest BCUT2D eigenvalue weighted by molar-refractivity contribution is 1.36. The summed E-state index contributed by atoms with van der Waals surface area (Å²) in [5.74, 6) is 0. The molecular weight excluding hydrogens is 539 g/mol. The van der Waals surface area contributed by atoms with E-state index in [-0.39, 0.29) is 0 Å². The van der Waals surface area contributed by atoms with Crippen molar-refractivity contribution < 1.29 is 0 Å². The number of nitrogens with zero attached hydrogens (tertiary/aromatic N) is 1. The molecule has 0 spiro atoms. The van der Waals surface area contributed by atoms with Crippen LogP contribution in [0.1, 0.15) is 0 Å². The van der Waals surface area contributed by atoms with Crippen molar-refractivity contribution in [3.8, 4) is 33.6 Å². The molecule has 0 fully saturated rings. The zero-order valence-electron chi connectivity index (χ0n) is 23.3. The van der Waals surface area contributed by atoms with Crippen LogP contribution in [0.4, 0.5) is 0 Å². The number of hydrogen-bond donors (Lipinski definition) is 0. The van der Waals surface area contributed by atoms with Crippen molar-refractivity contribution >= 4 is 63.8 Å². The van der Waals surface area contributed by atoms with Crippen molar-refractivity contribution in [3.63, 3.8) is 0 Å². The Morgan fingerprint density at radius 1 is 0.349 bits per heavy atom. The molecule has 1 nitrogen and oxygen atoms in total. The Balaban J connectivity index is 1.25. The molecule has 9 rings (SSSR count). The van der Waals surface area contributed by atoms with Crippen molar-refractivity contribution in [1.82, 2.24) is 4.98 Å². The highest BCUT2D eigenvalue weighted by molar-refractivity contribution is 7.26. The largest absolute Gasteiger partial charge is 0.246 e. The van der Waals surface area contributed by atoms with Gasteiger partial charge in [0.1, 0.15) is 0 Å². The molecule has 0 aliphatic carbocycles. The van der Waals surface area contributed by atoms with Gasteiger partial charge in [0.25, 0.3) is 0 Å². The fourth-order valence-electron chi connectivity index (χ4n) is 6.61. The van der Waals surface area contributed by atoms with Gasteiger partial charge < -0.3 is 0 Å². The lowest BCUT2D eigenvalue weighted by Crippen LogP contribution is -1.90. The molecule has 2 heterocycles. The number of fused-ring (bicyclic) bond motifs is 9. The molecule has 2 heteroatoms. The summed E-state index contributed by atoms with van der Waals surface area (Å²) >= 11 is 1.83. The molecule has 0 aliphatic rings. The average molecular weight is 564 g/mol. The fraction of sp³-hybridized carbons (Fsp3) is 0. The zero-order valence-corrected chi connectivity index (χ0v) is 24.1. The Labute approximate surface area is 253 Å². The van der Waals surface area contributed by atoms with E-state index in [0.717, 1.165) is 22.5 Å². The van der Waals surface area contributed by atoms with Gasteiger partial charge in [-0.2, -0.15) is 0 Å². The summed E-state index contributed by atoms with van der Waals surface area (Å²) in [5, 5.41) is 10.3. The number of benzene rings is 7. The van der Waals surface area contributed by atoms with Gasteiger partial charge in [-0.25, -0.2) is 4.98 Å². The third-order valence-electron chi connectivity index (χ3n) is 8.65. The van der Waals surface area contributed by atoms with Gasteiger partial charge >= 0.3 is 0 Å². The Hall–Kier alpha value is -5.31. The second kappa shape index (κ2) is 9.62. The Morgan fingerprint density at radius 3 is 1.65 bits per heavy atom. The molecule has 9 aromatic rings.